The summed E-state index contributed by atoms with van der Waals surface area (Å²) in [6, 6.07) is 11.9. The molecule has 0 atom stereocenters. The molecule has 2 heteroatoms. The molecule has 0 radical (unpaired) electrons. The molecule has 0 amide bonds. The zero-order valence-electron chi connectivity index (χ0n) is 8.82. The Hall–Kier alpha value is -1.57. The molecule has 0 saturated heterocycles. The van der Waals surface area contributed by atoms with Gasteiger partial charge in [-0.05, 0) is 6.92 Å². The Bertz CT molecular complexity index is 365. The Balaban J connectivity index is 0.000000461. The lowest BCUT2D eigenvalue weighted by Gasteiger charge is -1.91. The molecule has 0 saturated carbocycles. The van der Waals surface area contributed by atoms with E-state index >= 15 is 0 Å². The number of aromatic nitrogens is 1. The standard InChI is InChI=1S/C10H9NO.C2H6/c1-8-7-10(12-11-8)9-5-3-2-4-6-9;1-2/h2-7H,1H3;1-2H3. The third-order valence-electron chi connectivity index (χ3n) is 1.69. The van der Waals surface area contributed by atoms with Crippen molar-refractivity contribution < 1.29 is 4.52 Å². The van der Waals surface area contributed by atoms with E-state index in [0.717, 1.165) is 17.0 Å². The van der Waals surface area contributed by atoms with Crippen molar-refractivity contribution in [1.82, 2.24) is 5.16 Å². The summed E-state index contributed by atoms with van der Waals surface area (Å²) in [5.41, 5.74) is 1.98. The number of hydrogen-bond donors (Lipinski definition) is 0. The van der Waals surface area contributed by atoms with E-state index < -0.39 is 0 Å². The van der Waals surface area contributed by atoms with Crippen LogP contribution in [-0.2, 0) is 0 Å². The molecule has 0 aliphatic rings. The van der Waals surface area contributed by atoms with Gasteiger partial charge in [0.1, 0.15) is 0 Å². The molecule has 2 rings (SSSR count). The van der Waals surface area contributed by atoms with Gasteiger partial charge in [0.25, 0.3) is 0 Å². The van der Waals surface area contributed by atoms with E-state index in [4.69, 9.17) is 4.52 Å². The van der Waals surface area contributed by atoms with Gasteiger partial charge in [0.2, 0.25) is 0 Å². The van der Waals surface area contributed by atoms with E-state index in [9.17, 15) is 0 Å². The van der Waals surface area contributed by atoms with Crippen LogP contribution in [0.1, 0.15) is 19.5 Å². The number of nitrogens with zero attached hydrogens (tertiary/aromatic N) is 1. The normalized spacial score (nSPS) is 9.07. The van der Waals surface area contributed by atoms with E-state index in [1.54, 1.807) is 0 Å². The summed E-state index contributed by atoms with van der Waals surface area (Å²) < 4.78 is 5.10. The van der Waals surface area contributed by atoms with Crippen LogP contribution < -0.4 is 0 Å². The van der Waals surface area contributed by atoms with Gasteiger partial charge in [-0.2, -0.15) is 0 Å². The number of aryl methyl sites for hydroxylation is 1. The first-order valence-electron chi connectivity index (χ1n) is 4.85. The largest absolute Gasteiger partial charge is 0.356 e. The summed E-state index contributed by atoms with van der Waals surface area (Å²) >= 11 is 0. The minimum Gasteiger partial charge on any atom is -0.356 e. The summed E-state index contributed by atoms with van der Waals surface area (Å²) in [5, 5.41) is 3.82. The van der Waals surface area contributed by atoms with Crippen LogP contribution in [0.3, 0.4) is 0 Å². The van der Waals surface area contributed by atoms with E-state index in [-0.39, 0.29) is 0 Å². The fraction of sp³-hybridized carbons (Fsp3) is 0.250. The van der Waals surface area contributed by atoms with Crippen molar-refractivity contribution in [3.8, 4) is 11.3 Å². The van der Waals surface area contributed by atoms with Crippen LogP contribution in [0.15, 0.2) is 40.9 Å². The summed E-state index contributed by atoms with van der Waals surface area (Å²) in [7, 11) is 0. The maximum Gasteiger partial charge on any atom is 0.167 e. The van der Waals surface area contributed by atoms with Crippen molar-refractivity contribution in [2.75, 3.05) is 0 Å². The van der Waals surface area contributed by atoms with E-state index in [1.807, 2.05) is 57.2 Å². The highest BCUT2D eigenvalue weighted by atomic mass is 16.5. The van der Waals surface area contributed by atoms with E-state index in [2.05, 4.69) is 5.16 Å². The average molecular weight is 189 g/mol. The molecule has 1 aromatic heterocycles. The number of benzene rings is 1. The molecular formula is C12H15NO. The molecule has 2 aromatic rings. The first-order chi connectivity index (χ1) is 6.86. The molecule has 0 aliphatic carbocycles. The minimum atomic E-state index is 0.827. The molecule has 74 valence electrons. The molecule has 14 heavy (non-hydrogen) atoms. The third-order valence-corrected chi connectivity index (χ3v) is 1.69. The van der Waals surface area contributed by atoms with Crippen LogP contribution in [0.25, 0.3) is 11.3 Å². The summed E-state index contributed by atoms with van der Waals surface area (Å²) in [6.45, 7) is 5.91. The molecule has 2 nitrogen and oxygen atoms in total. The van der Waals surface area contributed by atoms with Gasteiger partial charge in [0.05, 0.1) is 5.69 Å². The lowest BCUT2D eigenvalue weighted by Crippen LogP contribution is -1.69. The van der Waals surface area contributed by atoms with Crippen LogP contribution in [0.4, 0.5) is 0 Å². The molecule has 0 unspecified atom stereocenters. The molecule has 1 heterocycles. The fourth-order valence-corrected chi connectivity index (χ4v) is 1.10. The van der Waals surface area contributed by atoms with Crippen molar-refractivity contribution in [2.24, 2.45) is 0 Å². The quantitative estimate of drug-likeness (QED) is 0.684. The zero-order chi connectivity index (χ0) is 10.4. The fourth-order valence-electron chi connectivity index (χ4n) is 1.10. The summed E-state index contributed by atoms with van der Waals surface area (Å²) in [6.07, 6.45) is 0. The van der Waals surface area contributed by atoms with E-state index in [1.165, 1.54) is 0 Å². The molecule has 0 N–H and O–H groups in total. The van der Waals surface area contributed by atoms with Crippen molar-refractivity contribution >= 4 is 0 Å². The minimum absolute atomic E-state index is 0.827. The topological polar surface area (TPSA) is 26.0 Å². The number of rotatable bonds is 1. The Kier molecular flexibility index (Phi) is 3.92. The van der Waals surface area contributed by atoms with Crippen LogP contribution in [0.5, 0.6) is 0 Å². The van der Waals surface area contributed by atoms with Crippen LogP contribution in [0, 0.1) is 6.92 Å². The predicted molar refractivity (Wildman–Crippen MR) is 58.0 cm³/mol. The van der Waals surface area contributed by atoms with Crippen molar-refractivity contribution in [3.63, 3.8) is 0 Å². The van der Waals surface area contributed by atoms with Crippen LogP contribution >= 0.6 is 0 Å². The van der Waals surface area contributed by atoms with Crippen LogP contribution in [0.2, 0.25) is 0 Å². The lowest BCUT2D eigenvalue weighted by molar-refractivity contribution is 0.427. The SMILES string of the molecule is CC.Cc1cc(-c2ccccc2)on1. The predicted octanol–water partition coefficient (Wildman–Crippen LogP) is 3.68. The zero-order valence-corrected chi connectivity index (χ0v) is 8.82. The monoisotopic (exact) mass is 189 g/mol. The molecule has 0 aliphatic heterocycles. The Morgan fingerprint density at radius 3 is 2.21 bits per heavy atom. The van der Waals surface area contributed by atoms with Gasteiger partial charge >= 0.3 is 0 Å². The highest BCUT2D eigenvalue weighted by Crippen LogP contribution is 2.18. The molecule has 0 bridgehead atoms. The van der Waals surface area contributed by atoms with Crippen molar-refractivity contribution in [1.29, 1.82) is 0 Å². The van der Waals surface area contributed by atoms with Crippen molar-refractivity contribution in [2.45, 2.75) is 20.8 Å². The lowest BCUT2D eigenvalue weighted by atomic mass is 10.2. The maximum atomic E-state index is 5.10. The Morgan fingerprint density at radius 1 is 1.07 bits per heavy atom. The number of hydrogen-bond acceptors (Lipinski definition) is 2. The Morgan fingerprint density at radius 2 is 1.71 bits per heavy atom. The molecular weight excluding hydrogens is 174 g/mol. The summed E-state index contributed by atoms with van der Waals surface area (Å²) in [4.78, 5) is 0. The van der Waals surface area contributed by atoms with Gasteiger partial charge in [-0.25, -0.2) is 0 Å². The molecule has 0 fully saturated rings. The Labute approximate surface area is 84.6 Å². The van der Waals surface area contributed by atoms with Gasteiger partial charge in [-0.3, -0.25) is 0 Å². The smallest absolute Gasteiger partial charge is 0.167 e. The maximum absolute atomic E-state index is 5.10. The van der Waals surface area contributed by atoms with Gasteiger partial charge < -0.3 is 4.52 Å². The average Bonchev–Trinajstić information content (AvgIpc) is 2.69. The van der Waals surface area contributed by atoms with Gasteiger partial charge in [-0.15, -0.1) is 0 Å². The van der Waals surface area contributed by atoms with Gasteiger partial charge in [0.15, 0.2) is 5.76 Å². The van der Waals surface area contributed by atoms with E-state index in [0.29, 0.717) is 0 Å². The van der Waals surface area contributed by atoms with Gasteiger partial charge in [-0.1, -0.05) is 49.3 Å². The second-order valence-electron chi connectivity index (χ2n) is 2.70. The summed E-state index contributed by atoms with van der Waals surface area (Å²) in [5.74, 6) is 0.827. The highest BCUT2D eigenvalue weighted by molar-refractivity contribution is 5.56. The first kappa shape index (κ1) is 10.5. The third kappa shape index (κ3) is 2.46. The van der Waals surface area contributed by atoms with Crippen molar-refractivity contribution in [3.05, 3.63) is 42.1 Å². The second-order valence-corrected chi connectivity index (χ2v) is 2.70. The first-order valence-corrected chi connectivity index (χ1v) is 4.85. The molecule has 0 spiro atoms. The van der Waals surface area contributed by atoms with Crippen LogP contribution in [-0.4, -0.2) is 5.16 Å². The molecule has 1 aromatic carbocycles. The second kappa shape index (κ2) is 5.22. The van der Waals surface area contributed by atoms with Gasteiger partial charge in [0, 0.05) is 11.6 Å². The highest BCUT2D eigenvalue weighted by Gasteiger charge is 2.01.